The normalized spacial score (nSPS) is 18.9. The molecule has 1 unspecified atom stereocenters. The fourth-order valence-electron chi connectivity index (χ4n) is 3.85. The van der Waals surface area contributed by atoms with Crippen LogP contribution in [-0.4, -0.2) is 49.6 Å². The van der Waals surface area contributed by atoms with Crippen LogP contribution in [-0.2, 0) is 11.3 Å². The minimum Gasteiger partial charge on any atom is -0.484 e. The molecule has 0 aromatic heterocycles. The Kier molecular flexibility index (Phi) is 6.52. The van der Waals surface area contributed by atoms with E-state index in [-0.39, 0.29) is 12.5 Å². The molecule has 1 aliphatic heterocycles. The lowest BCUT2D eigenvalue weighted by atomic mass is 9.99. The van der Waals surface area contributed by atoms with E-state index in [0.29, 0.717) is 24.3 Å². The topological polar surface area (TPSA) is 66.0 Å². The number of nitrogens with zero attached hydrogens (tertiary/aromatic N) is 2. The van der Waals surface area contributed by atoms with Crippen LogP contribution in [0.15, 0.2) is 59.6 Å². The molecule has 0 spiro atoms. The van der Waals surface area contributed by atoms with E-state index >= 15 is 0 Å². The first-order valence-electron chi connectivity index (χ1n) is 10.7. The fraction of sp³-hybridized carbons (Fsp3) is 0.417. The van der Waals surface area contributed by atoms with Crippen LogP contribution >= 0.6 is 0 Å². The highest BCUT2D eigenvalue weighted by Gasteiger charge is 2.26. The summed E-state index contributed by atoms with van der Waals surface area (Å²) in [6.07, 6.45) is 3.30. The van der Waals surface area contributed by atoms with Crippen molar-refractivity contribution in [3.8, 4) is 5.75 Å². The van der Waals surface area contributed by atoms with Crippen LogP contribution in [0.2, 0.25) is 0 Å². The lowest BCUT2D eigenvalue weighted by Gasteiger charge is -2.22. The predicted octanol–water partition coefficient (Wildman–Crippen LogP) is 2.91. The van der Waals surface area contributed by atoms with Crippen LogP contribution in [0.3, 0.4) is 0 Å². The Hall–Kier alpha value is -3.02. The zero-order valence-corrected chi connectivity index (χ0v) is 17.5. The summed E-state index contributed by atoms with van der Waals surface area (Å²) in [5, 5.41) is 6.40. The monoisotopic (exact) mass is 406 g/mol. The quantitative estimate of drug-likeness (QED) is 0.548. The van der Waals surface area contributed by atoms with Crippen LogP contribution < -0.4 is 15.4 Å². The number of likely N-dealkylation sites (tertiary alicyclic amines) is 1. The molecule has 0 bridgehead atoms. The second kappa shape index (κ2) is 9.65. The second-order valence-electron chi connectivity index (χ2n) is 8.02. The van der Waals surface area contributed by atoms with Crippen molar-refractivity contribution in [2.24, 2.45) is 4.99 Å². The van der Waals surface area contributed by atoms with Gasteiger partial charge in [0.25, 0.3) is 5.91 Å². The summed E-state index contributed by atoms with van der Waals surface area (Å²) in [6, 6.07) is 18.9. The molecule has 0 radical (unpaired) electrons. The zero-order chi connectivity index (χ0) is 20.8. The number of guanidine groups is 1. The van der Waals surface area contributed by atoms with Crippen molar-refractivity contribution in [2.75, 3.05) is 26.7 Å². The van der Waals surface area contributed by atoms with Gasteiger partial charge in [-0.3, -0.25) is 9.79 Å². The van der Waals surface area contributed by atoms with E-state index in [4.69, 9.17) is 4.74 Å². The molecule has 158 valence electrons. The summed E-state index contributed by atoms with van der Waals surface area (Å²) < 4.78 is 5.65. The fourth-order valence-corrected chi connectivity index (χ4v) is 3.85. The van der Waals surface area contributed by atoms with Crippen LogP contribution in [0.1, 0.15) is 36.3 Å². The van der Waals surface area contributed by atoms with Crippen molar-refractivity contribution in [1.29, 1.82) is 0 Å². The maximum absolute atomic E-state index is 11.8. The van der Waals surface area contributed by atoms with E-state index < -0.39 is 0 Å². The smallest absolute Gasteiger partial charge is 0.258 e. The van der Waals surface area contributed by atoms with Crippen molar-refractivity contribution in [3.63, 3.8) is 0 Å². The van der Waals surface area contributed by atoms with Gasteiger partial charge in [0.15, 0.2) is 12.6 Å². The van der Waals surface area contributed by atoms with E-state index in [1.807, 2.05) is 31.3 Å². The summed E-state index contributed by atoms with van der Waals surface area (Å²) in [4.78, 5) is 18.6. The van der Waals surface area contributed by atoms with Gasteiger partial charge in [-0.25, -0.2) is 0 Å². The number of amides is 1. The van der Waals surface area contributed by atoms with Gasteiger partial charge in [0.2, 0.25) is 0 Å². The third-order valence-corrected chi connectivity index (χ3v) is 5.63. The summed E-state index contributed by atoms with van der Waals surface area (Å²) in [5.41, 5.74) is 2.49. The molecular weight excluding hydrogens is 376 g/mol. The van der Waals surface area contributed by atoms with Crippen LogP contribution in [0, 0.1) is 0 Å². The largest absolute Gasteiger partial charge is 0.484 e. The number of nitrogens with one attached hydrogen (secondary N) is 2. The first-order valence-corrected chi connectivity index (χ1v) is 10.7. The molecule has 2 N–H and O–H groups in total. The highest BCUT2D eigenvalue weighted by atomic mass is 16.5. The second-order valence-corrected chi connectivity index (χ2v) is 8.02. The predicted molar refractivity (Wildman–Crippen MR) is 119 cm³/mol. The molecular formula is C24H30N4O2. The highest BCUT2D eigenvalue weighted by Crippen LogP contribution is 2.27. The Morgan fingerprint density at radius 3 is 2.73 bits per heavy atom. The van der Waals surface area contributed by atoms with Gasteiger partial charge in [-0.2, -0.15) is 0 Å². The van der Waals surface area contributed by atoms with E-state index in [2.05, 4.69) is 50.9 Å². The minimum atomic E-state index is -0.0524. The molecule has 1 aliphatic carbocycles. The van der Waals surface area contributed by atoms with E-state index in [1.54, 1.807) is 0 Å². The number of carbonyl (C=O) groups is 1. The molecule has 1 amide bonds. The number of hydrogen-bond donors (Lipinski definition) is 2. The molecule has 2 aromatic rings. The Morgan fingerprint density at radius 2 is 1.97 bits per heavy atom. The van der Waals surface area contributed by atoms with Gasteiger partial charge >= 0.3 is 0 Å². The molecule has 30 heavy (non-hydrogen) atoms. The summed E-state index contributed by atoms with van der Waals surface area (Å²) in [6.45, 7) is 2.69. The van der Waals surface area contributed by atoms with Gasteiger partial charge in [-0.05, 0) is 42.5 Å². The van der Waals surface area contributed by atoms with Gasteiger partial charge in [0.1, 0.15) is 5.75 Å². The SMILES string of the molecule is CN=C(NCc1cccc(OCC(=O)NC2CC2)c1)N1CCC(c2ccccc2)C1. The van der Waals surface area contributed by atoms with Crippen LogP contribution in [0.4, 0.5) is 0 Å². The first kappa shape index (κ1) is 20.3. The zero-order valence-electron chi connectivity index (χ0n) is 17.5. The molecule has 2 aliphatic rings. The van der Waals surface area contributed by atoms with Gasteiger partial charge in [-0.15, -0.1) is 0 Å². The average Bonchev–Trinajstić information content (AvgIpc) is 3.46. The number of benzene rings is 2. The number of carbonyl (C=O) groups excluding carboxylic acids is 1. The highest BCUT2D eigenvalue weighted by molar-refractivity contribution is 5.80. The third kappa shape index (κ3) is 5.53. The van der Waals surface area contributed by atoms with Crippen molar-refractivity contribution in [2.45, 2.75) is 37.8 Å². The van der Waals surface area contributed by atoms with Gasteiger partial charge in [0.05, 0.1) is 0 Å². The number of ether oxygens (including phenoxy) is 1. The molecule has 4 rings (SSSR count). The number of rotatable bonds is 7. The maximum Gasteiger partial charge on any atom is 0.258 e. The summed E-state index contributed by atoms with van der Waals surface area (Å²) in [7, 11) is 1.83. The molecule has 6 nitrogen and oxygen atoms in total. The van der Waals surface area contributed by atoms with E-state index in [1.165, 1.54) is 5.56 Å². The Morgan fingerprint density at radius 1 is 1.13 bits per heavy atom. The van der Waals surface area contributed by atoms with Gasteiger partial charge in [0, 0.05) is 38.6 Å². The van der Waals surface area contributed by atoms with Crippen molar-refractivity contribution < 1.29 is 9.53 Å². The Labute approximate surface area is 178 Å². The number of aliphatic imine (C=N–C) groups is 1. The molecule has 1 atom stereocenters. The lowest BCUT2D eigenvalue weighted by molar-refractivity contribution is -0.123. The minimum absolute atomic E-state index is 0.0524. The van der Waals surface area contributed by atoms with E-state index in [0.717, 1.165) is 43.9 Å². The maximum atomic E-state index is 11.8. The van der Waals surface area contributed by atoms with Crippen molar-refractivity contribution in [1.82, 2.24) is 15.5 Å². The molecule has 2 aromatic carbocycles. The van der Waals surface area contributed by atoms with Crippen molar-refractivity contribution >= 4 is 11.9 Å². The Balaban J connectivity index is 1.27. The first-order chi connectivity index (χ1) is 14.7. The number of hydrogen-bond acceptors (Lipinski definition) is 3. The van der Waals surface area contributed by atoms with Gasteiger partial charge in [-0.1, -0.05) is 42.5 Å². The molecule has 1 heterocycles. The van der Waals surface area contributed by atoms with Crippen LogP contribution in [0.5, 0.6) is 5.75 Å². The summed E-state index contributed by atoms with van der Waals surface area (Å²) >= 11 is 0. The lowest BCUT2D eigenvalue weighted by Crippen LogP contribution is -2.39. The van der Waals surface area contributed by atoms with Gasteiger partial charge < -0.3 is 20.3 Å². The average molecular weight is 407 g/mol. The molecule has 1 saturated heterocycles. The molecule has 6 heteroatoms. The van der Waals surface area contributed by atoms with Crippen LogP contribution in [0.25, 0.3) is 0 Å². The third-order valence-electron chi connectivity index (χ3n) is 5.63. The van der Waals surface area contributed by atoms with Crippen molar-refractivity contribution in [3.05, 3.63) is 65.7 Å². The van der Waals surface area contributed by atoms with E-state index in [9.17, 15) is 4.79 Å². The Bertz CT molecular complexity index is 880. The molecule has 2 fully saturated rings. The molecule has 1 saturated carbocycles. The standard InChI is InChI=1S/C24H30N4O2/c1-25-24(28-13-12-20(16-28)19-7-3-2-4-8-19)26-15-18-6-5-9-22(14-18)30-17-23(29)27-21-10-11-21/h2-9,14,20-21H,10-13,15-17H2,1H3,(H,25,26)(H,27,29). The summed E-state index contributed by atoms with van der Waals surface area (Å²) in [5.74, 6) is 2.12.